The summed E-state index contributed by atoms with van der Waals surface area (Å²) in [6.45, 7) is 5.99. The number of hydrogen-bond acceptors (Lipinski definition) is 5. The van der Waals surface area contributed by atoms with E-state index < -0.39 is 0 Å². The number of anilines is 2. The molecule has 3 rings (SSSR count). The maximum absolute atomic E-state index is 12.8. The molecule has 0 radical (unpaired) electrons. The summed E-state index contributed by atoms with van der Waals surface area (Å²) in [5.41, 5.74) is 13.8. The molecule has 2 fully saturated rings. The average Bonchev–Trinajstić information content (AvgIpc) is 2.69. The molecule has 0 spiro atoms. The summed E-state index contributed by atoms with van der Waals surface area (Å²) in [5.74, 6) is 1.20. The second-order valence-corrected chi connectivity index (χ2v) is 7.45. The van der Waals surface area contributed by atoms with E-state index in [-0.39, 0.29) is 18.0 Å². The molecule has 1 aliphatic carbocycles. The van der Waals surface area contributed by atoms with Gasteiger partial charge in [-0.1, -0.05) is 25.8 Å². The van der Waals surface area contributed by atoms with Crippen molar-refractivity contribution in [1.29, 1.82) is 0 Å². The van der Waals surface area contributed by atoms with Crippen molar-refractivity contribution in [3.63, 3.8) is 0 Å². The number of likely N-dealkylation sites (N-methyl/N-ethyl adjacent to an activating group) is 1. The van der Waals surface area contributed by atoms with E-state index >= 15 is 0 Å². The summed E-state index contributed by atoms with van der Waals surface area (Å²) in [6.07, 6.45) is 7.13. The standard InChI is InChI=1S/C21H30N6O/c1-14-21(28)26(3)19(13-22)20(27(14)18-7-5-4-6-8-18)25-15(2)24-17-11-9-16(23)10-12-17/h9-14,18,24H,2,4-8,22-23H2,1,3H3/b19-13+,25-20+/t14-/m1/s1. The number of nitrogen functional groups attached to an aromatic ring is 1. The van der Waals surface area contributed by atoms with Crippen molar-refractivity contribution >= 4 is 23.1 Å². The van der Waals surface area contributed by atoms with Crippen molar-refractivity contribution in [2.45, 2.75) is 51.1 Å². The number of benzene rings is 1. The van der Waals surface area contributed by atoms with Crippen LogP contribution in [0.15, 0.2) is 53.6 Å². The molecule has 1 amide bonds. The Kier molecular flexibility index (Phi) is 5.92. The van der Waals surface area contributed by atoms with Gasteiger partial charge in [0.2, 0.25) is 5.91 Å². The lowest BCUT2D eigenvalue weighted by Gasteiger charge is -2.46. The van der Waals surface area contributed by atoms with Gasteiger partial charge in [-0.25, -0.2) is 4.99 Å². The van der Waals surface area contributed by atoms with Gasteiger partial charge in [0.05, 0.1) is 0 Å². The SMILES string of the molecule is C=C(/N=C1\C(=C/N)N(C)C(=O)[C@@H](C)N1C1CCCCC1)Nc1ccc(N)cc1. The van der Waals surface area contributed by atoms with Crippen LogP contribution in [0.4, 0.5) is 11.4 Å². The summed E-state index contributed by atoms with van der Waals surface area (Å²) in [6, 6.07) is 7.37. The van der Waals surface area contributed by atoms with Crippen molar-refractivity contribution in [2.75, 3.05) is 18.1 Å². The average molecular weight is 383 g/mol. The molecule has 0 aromatic heterocycles. The van der Waals surface area contributed by atoms with Gasteiger partial charge in [0.25, 0.3) is 0 Å². The second-order valence-electron chi connectivity index (χ2n) is 7.45. The molecule has 7 heteroatoms. The first-order chi connectivity index (χ1) is 13.4. The lowest BCUT2D eigenvalue weighted by Crippen LogP contribution is -2.60. The summed E-state index contributed by atoms with van der Waals surface area (Å²) < 4.78 is 0. The highest BCUT2D eigenvalue weighted by atomic mass is 16.2. The van der Waals surface area contributed by atoms with Gasteiger partial charge in [-0.15, -0.1) is 0 Å². The van der Waals surface area contributed by atoms with E-state index in [1.165, 1.54) is 12.6 Å². The maximum Gasteiger partial charge on any atom is 0.249 e. The predicted octanol–water partition coefficient (Wildman–Crippen LogP) is 2.85. The number of amidine groups is 1. The van der Waals surface area contributed by atoms with Gasteiger partial charge < -0.3 is 26.6 Å². The van der Waals surface area contributed by atoms with Crippen LogP contribution < -0.4 is 16.8 Å². The number of hydrogen-bond donors (Lipinski definition) is 3. The number of carbonyl (C=O) groups excluding carboxylic acids is 1. The first-order valence-electron chi connectivity index (χ1n) is 9.80. The van der Waals surface area contributed by atoms with E-state index in [0.29, 0.717) is 23.0 Å². The van der Waals surface area contributed by atoms with Gasteiger partial charge in [-0.3, -0.25) is 4.79 Å². The zero-order chi connectivity index (χ0) is 20.3. The van der Waals surface area contributed by atoms with Gasteiger partial charge in [-0.2, -0.15) is 0 Å². The fourth-order valence-corrected chi connectivity index (χ4v) is 4.02. The molecule has 0 unspecified atom stereocenters. The number of rotatable bonds is 4. The molecule has 1 saturated carbocycles. The molecule has 1 saturated heterocycles. The minimum absolute atomic E-state index is 0.0262. The van der Waals surface area contributed by atoms with Crippen molar-refractivity contribution in [2.24, 2.45) is 10.7 Å². The van der Waals surface area contributed by atoms with Crippen LogP contribution in [0, 0.1) is 0 Å². The summed E-state index contributed by atoms with van der Waals surface area (Å²) in [4.78, 5) is 21.3. The van der Waals surface area contributed by atoms with Gasteiger partial charge in [0.1, 0.15) is 17.6 Å². The number of nitrogens with two attached hydrogens (primary N) is 2. The molecule has 1 heterocycles. The van der Waals surface area contributed by atoms with E-state index in [9.17, 15) is 4.79 Å². The number of amides is 1. The van der Waals surface area contributed by atoms with Crippen molar-refractivity contribution in [3.05, 3.63) is 48.6 Å². The fourth-order valence-electron chi connectivity index (χ4n) is 4.02. The Labute approximate surface area is 166 Å². The van der Waals surface area contributed by atoms with Crippen LogP contribution in [0.25, 0.3) is 0 Å². The normalized spacial score (nSPS) is 24.1. The van der Waals surface area contributed by atoms with Gasteiger partial charge in [-0.05, 0) is 44.0 Å². The summed E-state index contributed by atoms with van der Waals surface area (Å²) >= 11 is 0. The zero-order valence-corrected chi connectivity index (χ0v) is 16.7. The Bertz CT molecular complexity index is 792. The highest BCUT2D eigenvalue weighted by molar-refractivity contribution is 6.07. The van der Waals surface area contributed by atoms with Gasteiger partial charge in [0, 0.05) is 30.7 Å². The first kappa shape index (κ1) is 19.8. The van der Waals surface area contributed by atoms with E-state index in [1.807, 2.05) is 31.2 Å². The molecular weight excluding hydrogens is 352 g/mol. The summed E-state index contributed by atoms with van der Waals surface area (Å²) in [5, 5.41) is 3.19. The van der Waals surface area contributed by atoms with Crippen LogP contribution in [-0.4, -0.2) is 40.7 Å². The Morgan fingerprint density at radius 3 is 2.50 bits per heavy atom. The molecule has 1 atom stereocenters. The van der Waals surface area contributed by atoms with Crippen molar-refractivity contribution < 1.29 is 4.79 Å². The van der Waals surface area contributed by atoms with E-state index in [2.05, 4.69) is 16.8 Å². The largest absolute Gasteiger partial charge is 0.403 e. The third kappa shape index (κ3) is 3.98. The number of carbonyl (C=O) groups is 1. The van der Waals surface area contributed by atoms with E-state index in [1.54, 1.807) is 11.9 Å². The van der Waals surface area contributed by atoms with Crippen molar-refractivity contribution in [1.82, 2.24) is 9.80 Å². The minimum Gasteiger partial charge on any atom is -0.403 e. The molecule has 5 N–H and O–H groups in total. The fraction of sp³-hybridized carbons (Fsp3) is 0.429. The van der Waals surface area contributed by atoms with Crippen LogP contribution >= 0.6 is 0 Å². The van der Waals surface area contributed by atoms with Gasteiger partial charge >= 0.3 is 0 Å². The molecule has 150 valence electrons. The molecule has 2 aliphatic rings. The van der Waals surface area contributed by atoms with Crippen LogP contribution in [0.1, 0.15) is 39.0 Å². The first-order valence-corrected chi connectivity index (χ1v) is 9.80. The molecular formula is C21H30N6O. The number of nitrogens with zero attached hydrogens (tertiary/aromatic N) is 3. The monoisotopic (exact) mass is 382 g/mol. The van der Waals surface area contributed by atoms with Gasteiger partial charge in [0.15, 0.2) is 5.84 Å². The minimum atomic E-state index is -0.292. The van der Waals surface area contributed by atoms with Crippen LogP contribution in [0.3, 0.4) is 0 Å². The van der Waals surface area contributed by atoms with Crippen LogP contribution in [0.5, 0.6) is 0 Å². The van der Waals surface area contributed by atoms with Crippen molar-refractivity contribution in [3.8, 4) is 0 Å². The molecule has 0 bridgehead atoms. The molecule has 7 nitrogen and oxygen atoms in total. The molecule has 1 aromatic rings. The Morgan fingerprint density at radius 2 is 1.89 bits per heavy atom. The lowest BCUT2D eigenvalue weighted by atomic mass is 9.92. The highest BCUT2D eigenvalue weighted by Gasteiger charge is 2.40. The van der Waals surface area contributed by atoms with E-state index in [0.717, 1.165) is 31.4 Å². The smallest absolute Gasteiger partial charge is 0.249 e. The Hall–Kier alpha value is -2.96. The zero-order valence-electron chi connectivity index (χ0n) is 16.7. The number of nitrogens with one attached hydrogen (secondary N) is 1. The molecule has 1 aromatic carbocycles. The quantitative estimate of drug-likeness (QED) is 0.695. The third-order valence-electron chi connectivity index (χ3n) is 5.51. The van der Waals surface area contributed by atoms with E-state index in [4.69, 9.17) is 16.5 Å². The second kappa shape index (κ2) is 8.37. The number of piperazine rings is 1. The van der Waals surface area contributed by atoms with Crippen LogP contribution in [0.2, 0.25) is 0 Å². The highest BCUT2D eigenvalue weighted by Crippen LogP contribution is 2.30. The topological polar surface area (TPSA) is 100.0 Å². The maximum atomic E-state index is 12.8. The van der Waals surface area contributed by atoms with Crippen LogP contribution in [-0.2, 0) is 4.79 Å². The Morgan fingerprint density at radius 1 is 1.25 bits per heavy atom. The Balaban J connectivity index is 1.93. The molecule has 1 aliphatic heterocycles. The third-order valence-corrected chi connectivity index (χ3v) is 5.51. The summed E-state index contributed by atoms with van der Waals surface area (Å²) in [7, 11) is 1.74. The predicted molar refractivity (Wildman–Crippen MR) is 114 cm³/mol. The molecule has 28 heavy (non-hydrogen) atoms. The number of aliphatic imine (C=N–C) groups is 1. The lowest BCUT2D eigenvalue weighted by molar-refractivity contribution is -0.134.